The lowest BCUT2D eigenvalue weighted by Gasteiger charge is -2.08. The quantitative estimate of drug-likeness (QED) is 0.803. The first kappa shape index (κ1) is 11.6. The first-order chi connectivity index (χ1) is 8.22. The molecule has 1 amide bonds. The van der Waals surface area contributed by atoms with Crippen LogP contribution in [0.3, 0.4) is 0 Å². The molecule has 1 aliphatic carbocycles. The highest BCUT2D eigenvalue weighted by Gasteiger charge is 2.30. The predicted molar refractivity (Wildman–Crippen MR) is 61.5 cm³/mol. The summed E-state index contributed by atoms with van der Waals surface area (Å²) in [6, 6.07) is 3.23. The van der Waals surface area contributed by atoms with Crippen LogP contribution >= 0.6 is 0 Å². The number of ether oxygens (including phenoxy) is 1. The molecule has 1 fully saturated rings. The number of amides is 1. The van der Waals surface area contributed by atoms with Crippen LogP contribution in [0.15, 0.2) is 18.3 Å². The fraction of sp³-hybridized carbons (Fsp3) is 0.417. The van der Waals surface area contributed by atoms with Gasteiger partial charge in [-0.05, 0) is 31.9 Å². The molecule has 0 aromatic carbocycles. The number of hydrogen-bond acceptors (Lipinski definition) is 4. The second kappa shape index (κ2) is 4.95. The standard InChI is InChI=1S/C12H14N2O3/c1-2-17-12(16)9-4-3-7-13-10(9)14-11(15)8-5-6-8/h3-4,7-8H,2,5-6H2,1H3,(H,13,14,15). The topological polar surface area (TPSA) is 68.3 Å². The molecule has 0 radical (unpaired) electrons. The third kappa shape index (κ3) is 2.81. The Morgan fingerprint density at radius 1 is 1.53 bits per heavy atom. The molecule has 0 bridgehead atoms. The van der Waals surface area contributed by atoms with Gasteiger partial charge in [0.25, 0.3) is 0 Å². The zero-order valence-corrected chi connectivity index (χ0v) is 9.60. The van der Waals surface area contributed by atoms with E-state index in [-0.39, 0.29) is 17.6 Å². The molecule has 5 heteroatoms. The first-order valence-electron chi connectivity index (χ1n) is 5.65. The van der Waals surface area contributed by atoms with Crippen LogP contribution in [-0.4, -0.2) is 23.5 Å². The summed E-state index contributed by atoms with van der Waals surface area (Å²) in [5.74, 6) is -0.184. The van der Waals surface area contributed by atoms with Gasteiger partial charge in [-0.3, -0.25) is 4.79 Å². The monoisotopic (exact) mass is 234 g/mol. The molecule has 0 unspecified atom stereocenters. The van der Waals surface area contributed by atoms with Gasteiger partial charge < -0.3 is 10.1 Å². The molecule has 1 N–H and O–H groups in total. The molecule has 17 heavy (non-hydrogen) atoms. The molecular formula is C12H14N2O3. The molecule has 1 heterocycles. The van der Waals surface area contributed by atoms with E-state index in [9.17, 15) is 9.59 Å². The maximum atomic E-state index is 11.6. The lowest BCUT2D eigenvalue weighted by Crippen LogP contribution is -2.18. The van der Waals surface area contributed by atoms with E-state index in [0.717, 1.165) is 12.8 Å². The highest BCUT2D eigenvalue weighted by molar-refractivity contribution is 6.01. The maximum absolute atomic E-state index is 11.6. The van der Waals surface area contributed by atoms with Crippen LogP contribution in [-0.2, 0) is 9.53 Å². The molecular weight excluding hydrogens is 220 g/mol. The minimum atomic E-state index is -0.466. The number of nitrogens with one attached hydrogen (secondary N) is 1. The van der Waals surface area contributed by atoms with Gasteiger partial charge in [0, 0.05) is 12.1 Å². The molecule has 5 nitrogen and oxygen atoms in total. The Labute approximate surface area is 99.2 Å². The van der Waals surface area contributed by atoms with Gasteiger partial charge in [0.2, 0.25) is 5.91 Å². The van der Waals surface area contributed by atoms with Crippen molar-refractivity contribution in [3.8, 4) is 0 Å². The van der Waals surface area contributed by atoms with Crippen molar-refractivity contribution in [1.82, 2.24) is 4.98 Å². The summed E-state index contributed by atoms with van der Waals surface area (Å²) >= 11 is 0. The summed E-state index contributed by atoms with van der Waals surface area (Å²) in [6.45, 7) is 2.03. The summed E-state index contributed by atoms with van der Waals surface area (Å²) < 4.78 is 4.90. The summed E-state index contributed by atoms with van der Waals surface area (Å²) in [5.41, 5.74) is 0.295. The number of rotatable bonds is 4. The van der Waals surface area contributed by atoms with Crippen molar-refractivity contribution in [3.63, 3.8) is 0 Å². The summed E-state index contributed by atoms with van der Waals surface area (Å²) in [7, 11) is 0. The summed E-state index contributed by atoms with van der Waals surface area (Å²) in [4.78, 5) is 27.2. The molecule has 0 saturated heterocycles. The number of carbonyl (C=O) groups is 2. The highest BCUT2D eigenvalue weighted by Crippen LogP contribution is 2.30. The maximum Gasteiger partial charge on any atom is 0.341 e. The third-order valence-corrected chi connectivity index (χ3v) is 2.49. The zero-order chi connectivity index (χ0) is 12.3. The first-order valence-corrected chi connectivity index (χ1v) is 5.65. The molecule has 0 aliphatic heterocycles. The molecule has 90 valence electrons. The Morgan fingerprint density at radius 2 is 2.29 bits per heavy atom. The van der Waals surface area contributed by atoms with Crippen LogP contribution in [0.25, 0.3) is 0 Å². The second-order valence-electron chi connectivity index (χ2n) is 3.88. The Kier molecular flexibility index (Phi) is 3.37. The van der Waals surface area contributed by atoms with Crippen LogP contribution < -0.4 is 5.32 Å². The van der Waals surface area contributed by atoms with E-state index in [0.29, 0.717) is 12.2 Å². The number of nitrogens with zero attached hydrogens (tertiary/aromatic N) is 1. The van der Waals surface area contributed by atoms with Crippen molar-refractivity contribution in [2.24, 2.45) is 5.92 Å². The Hall–Kier alpha value is -1.91. The highest BCUT2D eigenvalue weighted by atomic mass is 16.5. The van der Waals surface area contributed by atoms with Gasteiger partial charge in [0.1, 0.15) is 11.4 Å². The molecule has 2 rings (SSSR count). The van der Waals surface area contributed by atoms with Crippen molar-refractivity contribution >= 4 is 17.7 Å². The normalized spacial score (nSPS) is 14.2. The number of pyridine rings is 1. The van der Waals surface area contributed by atoms with E-state index in [4.69, 9.17) is 4.74 Å². The fourth-order valence-corrected chi connectivity index (χ4v) is 1.44. The molecule has 0 atom stereocenters. The number of carbonyl (C=O) groups excluding carboxylic acids is 2. The largest absolute Gasteiger partial charge is 0.462 e. The summed E-state index contributed by atoms with van der Waals surface area (Å²) in [6.07, 6.45) is 3.35. The fourth-order valence-electron chi connectivity index (χ4n) is 1.44. The van der Waals surface area contributed by atoms with Crippen LogP contribution in [0, 0.1) is 5.92 Å². The molecule has 1 aliphatic rings. The number of aromatic nitrogens is 1. The van der Waals surface area contributed by atoms with Gasteiger partial charge >= 0.3 is 5.97 Å². The van der Waals surface area contributed by atoms with Crippen LogP contribution in [0.1, 0.15) is 30.1 Å². The van der Waals surface area contributed by atoms with Crippen molar-refractivity contribution in [2.45, 2.75) is 19.8 Å². The smallest absolute Gasteiger partial charge is 0.341 e. The second-order valence-corrected chi connectivity index (χ2v) is 3.88. The van der Waals surface area contributed by atoms with E-state index < -0.39 is 5.97 Å². The van der Waals surface area contributed by atoms with Crippen LogP contribution in [0.2, 0.25) is 0 Å². The Morgan fingerprint density at radius 3 is 2.94 bits per heavy atom. The van der Waals surface area contributed by atoms with Gasteiger partial charge in [0.15, 0.2) is 0 Å². The minimum Gasteiger partial charge on any atom is -0.462 e. The average molecular weight is 234 g/mol. The van der Waals surface area contributed by atoms with Gasteiger partial charge in [-0.15, -0.1) is 0 Å². The van der Waals surface area contributed by atoms with E-state index in [1.165, 1.54) is 6.20 Å². The lowest BCUT2D eigenvalue weighted by molar-refractivity contribution is -0.117. The van der Waals surface area contributed by atoms with Crippen molar-refractivity contribution in [2.75, 3.05) is 11.9 Å². The minimum absolute atomic E-state index is 0.0748. The van der Waals surface area contributed by atoms with Crippen LogP contribution in [0.5, 0.6) is 0 Å². The van der Waals surface area contributed by atoms with Crippen molar-refractivity contribution < 1.29 is 14.3 Å². The Balaban J connectivity index is 2.14. The molecule has 1 saturated carbocycles. The lowest BCUT2D eigenvalue weighted by atomic mass is 10.2. The van der Waals surface area contributed by atoms with Crippen molar-refractivity contribution in [3.05, 3.63) is 23.9 Å². The number of hydrogen-bond donors (Lipinski definition) is 1. The number of esters is 1. The van der Waals surface area contributed by atoms with Crippen LogP contribution in [0.4, 0.5) is 5.82 Å². The van der Waals surface area contributed by atoms with Gasteiger partial charge in [-0.2, -0.15) is 0 Å². The third-order valence-electron chi connectivity index (χ3n) is 2.49. The van der Waals surface area contributed by atoms with Gasteiger partial charge in [0.05, 0.1) is 6.61 Å². The SMILES string of the molecule is CCOC(=O)c1cccnc1NC(=O)C1CC1. The molecule has 1 aromatic heterocycles. The van der Waals surface area contributed by atoms with E-state index >= 15 is 0 Å². The number of anilines is 1. The molecule has 1 aromatic rings. The average Bonchev–Trinajstić information content (AvgIpc) is 3.13. The Bertz CT molecular complexity index is 441. The zero-order valence-electron chi connectivity index (χ0n) is 9.60. The van der Waals surface area contributed by atoms with Gasteiger partial charge in [-0.1, -0.05) is 0 Å². The van der Waals surface area contributed by atoms with E-state index in [2.05, 4.69) is 10.3 Å². The van der Waals surface area contributed by atoms with E-state index in [1.54, 1.807) is 19.1 Å². The van der Waals surface area contributed by atoms with Crippen molar-refractivity contribution in [1.29, 1.82) is 0 Å². The predicted octanol–water partition coefficient (Wildman–Crippen LogP) is 1.61. The molecule has 0 spiro atoms. The van der Waals surface area contributed by atoms with E-state index in [1.807, 2.05) is 0 Å². The van der Waals surface area contributed by atoms with Gasteiger partial charge in [-0.25, -0.2) is 9.78 Å². The summed E-state index contributed by atoms with van der Waals surface area (Å²) in [5, 5.41) is 2.66.